The van der Waals surface area contributed by atoms with E-state index >= 15 is 0 Å². The van der Waals surface area contributed by atoms with Gasteiger partial charge in [0, 0.05) is 13.1 Å². The summed E-state index contributed by atoms with van der Waals surface area (Å²) in [6, 6.07) is 0. The highest BCUT2D eigenvalue weighted by atomic mass is 16.7. The van der Waals surface area contributed by atoms with Crippen molar-refractivity contribution in [1.29, 1.82) is 0 Å². The van der Waals surface area contributed by atoms with Gasteiger partial charge in [0.25, 0.3) is 11.8 Å². The van der Waals surface area contributed by atoms with E-state index < -0.39 is 6.09 Å². The fourth-order valence-electron chi connectivity index (χ4n) is 4.18. The monoisotopic (exact) mass is 290 g/mol. The average Bonchev–Trinajstić information content (AvgIpc) is 3.18. The number of carbonyl (C=O) groups is 3. The maximum Gasteiger partial charge on any atom is 0.434 e. The fraction of sp³-hybridized carbons (Fsp3) is 0.667. The Morgan fingerprint density at radius 1 is 1.00 bits per heavy atom. The molecular weight excluding hydrogens is 272 g/mol. The Balaban J connectivity index is 1.48. The first-order chi connectivity index (χ1) is 10.2. The van der Waals surface area contributed by atoms with Gasteiger partial charge in [-0.05, 0) is 37.5 Å². The fourth-order valence-corrected chi connectivity index (χ4v) is 4.18. The summed E-state index contributed by atoms with van der Waals surface area (Å²) in [5.74, 6) is -1.05. The van der Waals surface area contributed by atoms with Gasteiger partial charge in [-0.1, -0.05) is 12.2 Å². The Labute approximate surface area is 122 Å². The molecule has 0 aromatic rings. The van der Waals surface area contributed by atoms with Crippen LogP contribution < -0.4 is 0 Å². The molecule has 0 aromatic heterocycles. The molecule has 4 unspecified atom stereocenters. The minimum absolute atomic E-state index is 0.134. The molecule has 4 atom stereocenters. The first-order valence-corrected chi connectivity index (χ1v) is 7.70. The van der Waals surface area contributed by atoms with E-state index in [1.807, 2.05) is 12.2 Å². The first-order valence-electron chi connectivity index (χ1n) is 7.70. The number of likely N-dealkylation sites (tertiary alicyclic amines) is 1. The van der Waals surface area contributed by atoms with E-state index in [2.05, 4.69) is 0 Å². The Kier molecular flexibility index (Phi) is 2.80. The molecule has 3 fully saturated rings. The second kappa shape index (κ2) is 4.58. The lowest BCUT2D eigenvalue weighted by Gasteiger charge is -2.27. The third-order valence-electron chi connectivity index (χ3n) is 5.21. The van der Waals surface area contributed by atoms with Crippen molar-refractivity contribution in [2.45, 2.75) is 25.7 Å². The Morgan fingerprint density at radius 3 is 2.14 bits per heavy atom. The van der Waals surface area contributed by atoms with E-state index in [1.165, 1.54) is 0 Å². The molecule has 2 heterocycles. The van der Waals surface area contributed by atoms with Gasteiger partial charge in [0.1, 0.15) is 0 Å². The molecule has 6 nitrogen and oxygen atoms in total. The number of fused-ring (bicyclic) bond motifs is 5. The number of nitrogens with zero attached hydrogens (tertiary/aromatic N) is 2. The molecule has 6 heteroatoms. The number of hydrogen-bond acceptors (Lipinski definition) is 4. The highest BCUT2D eigenvalue weighted by Gasteiger charge is 2.61. The van der Waals surface area contributed by atoms with Gasteiger partial charge in [-0.15, -0.1) is 5.06 Å². The van der Waals surface area contributed by atoms with Crippen LogP contribution in [0.2, 0.25) is 0 Å². The topological polar surface area (TPSA) is 66.9 Å². The number of rotatable bonds is 1. The third kappa shape index (κ3) is 1.81. The number of amides is 3. The van der Waals surface area contributed by atoms with Crippen molar-refractivity contribution in [3.05, 3.63) is 12.2 Å². The van der Waals surface area contributed by atoms with Crippen molar-refractivity contribution >= 4 is 17.9 Å². The lowest BCUT2D eigenvalue weighted by Crippen LogP contribution is -2.43. The van der Waals surface area contributed by atoms with Crippen LogP contribution in [0.1, 0.15) is 25.7 Å². The summed E-state index contributed by atoms with van der Waals surface area (Å²) in [6.07, 6.45) is 7.33. The minimum Gasteiger partial charge on any atom is -0.311 e. The van der Waals surface area contributed by atoms with Crippen LogP contribution in [-0.4, -0.2) is 41.0 Å². The van der Waals surface area contributed by atoms with Crippen molar-refractivity contribution in [2.24, 2.45) is 23.7 Å². The quantitative estimate of drug-likeness (QED) is 0.540. The van der Waals surface area contributed by atoms with Gasteiger partial charge < -0.3 is 9.74 Å². The molecule has 2 aliphatic heterocycles. The summed E-state index contributed by atoms with van der Waals surface area (Å²) in [5.41, 5.74) is 0. The number of imide groups is 1. The largest absolute Gasteiger partial charge is 0.434 e. The van der Waals surface area contributed by atoms with Crippen LogP contribution in [0.3, 0.4) is 0 Å². The van der Waals surface area contributed by atoms with E-state index in [1.54, 1.807) is 4.90 Å². The molecule has 0 radical (unpaired) electrons. The Hall–Kier alpha value is -1.85. The van der Waals surface area contributed by atoms with Crippen LogP contribution in [0, 0.1) is 23.7 Å². The van der Waals surface area contributed by atoms with Crippen LogP contribution in [0.4, 0.5) is 4.79 Å². The zero-order valence-corrected chi connectivity index (χ0v) is 11.7. The average molecular weight is 290 g/mol. The smallest absolute Gasteiger partial charge is 0.311 e. The van der Waals surface area contributed by atoms with Crippen molar-refractivity contribution in [1.82, 2.24) is 9.96 Å². The van der Waals surface area contributed by atoms with Gasteiger partial charge in [0.15, 0.2) is 0 Å². The maximum atomic E-state index is 12.4. The molecule has 112 valence electrons. The van der Waals surface area contributed by atoms with Crippen LogP contribution in [0.5, 0.6) is 0 Å². The van der Waals surface area contributed by atoms with Crippen LogP contribution in [0.25, 0.3) is 0 Å². The van der Waals surface area contributed by atoms with E-state index in [9.17, 15) is 14.4 Å². The predicted octanol–water partition coefficient (Wildman–Crippen LogP) is 1.33. The molecule has 4 aliphatic rings. The summed E-state index contributed by atoms with van der Waals surface area (Å²) in [7, 11) is 0. The van der Waals surface area contributed by atoms with Crippen molar-refractivity contribution in [3.8, 4) is 0 Å². The SMILES string of the molecule is O=C(ON1C(=O)C2C3C=CC(C3)C2C1=O)N1CCCCC1. The molecular formula is C15H18N2O4. The molecule has 2 saturated heterocycles. The summed E-state index contributed by atoms with van der Waals surface area (Å²) in [5, 5.41) is 0.735. The van der Waals surface area contributed by atoms with E-state index in [0.717, 1.165) is 30.7 Å². The molecule has 2 bridgehead atoms. The maximum absolute atomic E-state index is 12.4. The molecule has 21 heavy (non-hydrogen) atoms. The lowest BCUT2D eigenvalue weighted by molar-refractivity contribution is -0.176. The lowest BCUT2D eigenvalue weighted by atomic mass is 9.85. The van der Waals surface area contributed by atoms with E-state index in [0.29, 0.717) is 13.1 Å². The first kappa shape index (κ1) is 12.9. The van der Waals surface area contributed by atoms with Gasteiger partial charge in [-0.2, -0.15) is 0 Å². The van der Waals surface area contributed by atoms with Crippen LogP contribution >= 0.6 is 0 Å². The Bertz CT molecular complexity index is 508. The third-order valence-corrected chi connectivity index (χ3v) is 5.21. The van der Waals surface area contributed by atoms with E-state index in [4.69, 9.17) is 4.84 Å². The van der Waals surface area contributed by atoms with Crippen LogP contribution in [0.15, 0.2) is 12.2 Å². The molecule has 0 spiro atoms. The van der Waals surface area contributed by atoms with E-state index in [-0.39, 0.29) is 35.5 Å². The molecule has 0 N–H and O–H groups in total. The minimum atomic E-state index is -0.573. The number of carbonyl (C=O) groups excluding carboxylic acids is 3. The zero-order valence-electron chi connectivity index (χ0n) is 11.7. The summed E-state index contributed by atoms with van der Waals surface area (Å²) >= 11 is 0. The number of hydroxylamine groups is 2. The summed E-state index contributed by atoms with van der Waals surface area (Å²) < 4.78 is 0. The summed E-state index contributed by atoms with van der Waals surface area (Å²) in [6.45, 7) is 1.27. The Morgan fingerprint density at radius 2 is 1.57 bits per heavy atom. The predicted molar refractivity (Wildman–Crippen MR) is 71.5 cm³/mol. The normalized spacial score (nSPS) is 37.3. The van der Waals surface area contributed by atoms with Crippen molar-refractivity contribution < 1.29 is 19.2 Å². The molecule has 0 aromatic carbocycles. The van der Waals surface area contributed by atoms with Crippen molar-refractivity contribution in [3.63, 3.8) is 0 Å². The number of piperidine rings is 1. The molecule has 2 aliphatic carbocycles. The molecule has 4 rings (SSSR count). The van der Waals surface area contributed by atoms with Gasteiger partial charge in [0.05, 0.1) is 11.8 Å². The van der Waals surface area contributed by atoms with Crippen molar-refractivity contribution in [2.75, 3.05) is 13.1 Å². The molecule has 1 saturated carbocycles. The second-order valence-electron chi connectivity index (χ2n) is 6.38. The van der Waals surface area contributed by atoms with Gasteiger partial charge >= 0.3 is 6.09 Å². The number of hydrogen-bond donors (Lipinski definition) is 0. The summed E-state index contributed by atoms with van der Waals surface area (Å²) in [4.78, 5) is 43.6. The highest BCUT2D eigenvalue weighted by molar-refractivity contribution is 6.06. The standard InChI is InChI=1S/C15H18N2O4/c18-13-11-9-4-5-10(8-9)12(11)14(19)17(13)21-15(20)16-6-2-1-3-7-16/h4-5,9-12H,1-3,6-8H2. The van der Waals surface area contributed by atoms with Gasteiger partial charge in [-0.25, -0.2) is 4.79 Å². The second-order valence-corrected chi connectivity index (χ2v) is 6.38. The molecule has 3 amide bonds. The van der Waals surface area contributed by atoms with Crippen LogP contribution in [-0.2, 0) is 14.4 Å². The van der Waals surface area contributed by atoms with Gasteiger partial charge in [0.2, 0.25) is 0 Å². The number of allylic oxidation sites excluding steroid dienone is 2. The zero-order chi connectivity index (χ0) is 14.6. The van der Waals surface area contributed by atoms with Gasteiger partial charge in [-0.3, -0.25) is 9.59 Å². The highest BCUT2D eigenvalue weighted by Crippen LogP contribution is 2.52.